The Bertz CT molecular complexity index is 274. The van der Waals surface area contributed by atoms with E-state index in [1.165, 1.54) is 6.92 Å². The molecule has 1 atom stereocenters. The van der Waals surface area contributed by atoms with E-state index in [-0.39, 0.29) is 18.5 Å². The van der Waals surface area contributed by atoms with Crippen molar-refractivity contribution in [2.24, 2.45) is 0 Å². The molecule has 5 nitrogen and oxygen atoms in total. The normalized spacial score (nSPS) is 14.3. The molecule has 0 heterocycles. The summed E-state index contributed by atoms with van der Waals surface area (Å²) in [4.78, 5) is 10.9. The van der Waals surface area contributed by atoms with E-state index in [1.54, 1.807) is 13.8 Å². The van der Waals surface area contributed by atoms with Crippen molar-refractivity contribution in [3.05, 3.63) is 12.2 Å². The number of esters is 1. The van der Waals surface area contributed by atoms with Crippen molar-refractivity contribution in [2.75, 3.05) is 19.6 Å². The molecule has 0 aromatic rings. The largest absolute Gasteiger partial charge is 0.435 e. The monoisotopic (exact) mass is 236 g/mol. The van der Waals surface area contributed by atoms with Gasteiger partial charge in [-0.2, -0.15) is 0 Å². The highest BCUT2D eigenvalue weighted by Gasteiger charge is 2.21. The standard InChI is InChI=1S/C9H17O5P/c1-5-13-15(11,6-2)14-7-12-9(10)8(3)4/h3,5-7H2,1-2,4H3. The molecule has 0 radical (unpaired) electrons. The fourth-order valence-electron chi connectivity index (χ4n) is 0.700. The van der Waals surface area contributed by atoms with Crippen molar-refractivity contribution in [2.45, 2.75) is 20.8 Å². The molecule has 0 aliphatic heterocycles. The van der Waals surface area contributed by atoms with E-state index in [1.807, 2.05) is 0 Å². The van der Waals surface area contributed by atoms with Crippen molar-refractivity contribution >= 4 is 13.6 Å². The average molecular weight is 236 g/mol. The molecular weight excluding hydrogens is 219 g/mol. The maximum absolute atomic E-state index is 11.7. The highest BCUT2D eigenvalue weighted by molar-refractivity contribution is 7.53. The van der Waals surface area contributed by atoms with E-state index >= 15 is 0 Å². The topological polar surface area (TPSA) is 61.8 Å². The van der Waals surface area contributed by atoms with Crippen LogP contribution < -0.4 is 0 Å². The first-order valence-electron chi connectivity index (χ1n) is 4.66. The van der Waals surface area contributed by atoms with Crippen LogP contribution in [0.5, 0.6) is 0 Å². The van der Waals surface area contributed by atoms with Gasteiger partial charge in [0.15, 0.2) is 0 Å². The van der Waals surface area contributed by atoms with Crippen LogP contribution in [0.25, 0.3) is 0 Å². The average Bonchev–Trinajstić information content (AvgIpc) is 2.18. The summed E-state index contributed by atoms with van der Waals surface area (Å²) in [5.41, 5.74) is 0.265. The Kier molecular flexibility index (Phi) is 6.48. The van der Waals surface area contributed by atoms with Gasteiger partial charge < -0.3 is 9.26 Å². The minimum atomic E-state index is -3.09. The number of hydrogen-bond donors (Lipinski definition) is 0. The third-order valence-corrected chi connectivity index (χ3v) is 3.43. The van der Waals surface area contributed by atoms with E-state index in [0.717, 1.165) is 0 Å². The lowest BCUT2D eigenvalue weighted by molar-refractivity contribution is -0.145. The van der Waals surface area contributed by atoms with Crippen LogP contribution in [-0.2, 0) is 23.1 Å². The summed E-state index contributed by atoms with van der Waals surface area (Å²) >= 11 is 0. The number of carbonyl (C=O) groups is 1. The maximum atomic E-state index is 11.7. The lowest BCUT2D eigenvalue weighted by Gasteiger charge is -2.15. The molecule has 0 aromatic carbocycles. The second kappa shape index (κ2) is 6.77. The van der Waals surface area contributed by atoms with Gasteiger partial charge in [-0.25, -0.2) is 4.79 Å². The molecule has 0 amide bonds. The summed E-state index contributed by atoms with van der Waals surface area (Å²) < 4.78 is 26.1. The van der Waals surface area contributed by atoms with Crippen LogP contribution in [0.4, 0.5) is 0 Å². The summed E-state index contributed by atoms with van der Waals surface area (Å²) in [6, 6.07) is 0. The zero-order valence-electron chi connectivity index (χ0n) is 9.32. The molecule has 0 aliphatic rings. The van der Waals surface area contributed by atoms with Crippen LogP contribution in [0.1, 0.15) is 20.8 Å². The van der Waals surface area contributed by atoms with Crippen molar-refractivity contribution in [1.29, 1.82) is 0 Å². The molecule has 88 valence electrons. The first-order valence-corrected chi connectivity index (χ1v) is 6.38. The van der Waals surface area contributed by atoms with Crippen LogP contribution in [0.3, 0.4) is 0 Å². The van der Waals surface area contributed by atoms with Crippen molar-refractivity contribution in [3.63, 3.8) is 0 Å². The summed E-state index contributed by atoms with van der Waals surface area (Å²) in [7, 11) is -3.09. The molecule has 0 N–H and O–H groups in total. The van der Waals surface area contributed by atoms with Gasteiger partial charge in [-0.05, 0) is 13.8 Å². The molecule has 0 fully saturated rings. The fraction of sp³-hybridized carbons (Fsp3) is 0.667. The smallest absolute Gasteiger partial charge is 0.335 e. The van der Waals surface area contributed by atoms with Crippen LogP contribution in [0.15, 0.2) is 12.2 Å². The van der Waals surface area contributed by atoms with Crippen molar-refractivity contribution in [1.82, 2.24) is 0 Å². The SMILES string of the molecule is C=C(C)C(=O)OCOP(=O)(CC)OCC. The molecule has 15 heavy (non-hydrogen) atoms. The first kappa shape index (κ1) is 14.4. The van der Waals surface area contributed by atoms with Crippen LogP contribution >= 0.6 is 7.60 Å². The molecule has 0 bridgehead atoms. The second-order valence-electron chi connectivity index (χ2n) is 2.80. The number of rotatable bonds is 7. The Balaban J connectivity index is 3.97. The van der Waals surface area contributed by atoms with Gasteiger partial charge >= 0.3 is 13.6 Å². The lowest BCUT2D eigenvalue weighted by Crippen LogP contribution is -2.09. The number of ether oxygens (including phenoxy) is 1. The number of carbonyl (C=O) groups excluding carboxylic acids is 1. The van der Waals surface area contributed by atoms with Crippen molar-refractivity contribution < 1.29 is 23.1 Å². The lowest BCUT2D eigenvalue weighted by atomic mass is 10.4. The Morgan fingerprint density at radius 3 is 2.33 bits per heavy atom. The first-order chi connectivity index (χ1) is 6.95. The minimum absolute atomic E-state index is 0.242. The molecule has 0 aliphatic carbocycles. The molecule has 0 saturated carbocycles. The predicted octanol–water partition coefficient (Wildman–Crippen LogP) is 2.33. The van der Waals surface area contributed by atoms with Crippen LogP contribution in [0, 0.1) is 0 Å². The fourth-order valence-corrected chi connectivity index (χ4v) is 1.75. The van der Waals surface area contributed by atoms with Gasteiger partial charge in [0.2, 0.25) is 6.79 Å². The molecule has 6 heteroatoms. The number of hydrogen-bond acceptors (Lipinski definition) is 5. The van der Waals surface area contributed by atoms with Gasteiger partial charge in [-0.1, -0.05) is 13.5 Å². The summed E-state index contributed by atoms with van der Waals surface area (Å²) in [5.74, 6) is -0.575. The molecule has 0 saturated heterocycles. The Hall–Kier alpha value is -0.640. The summed E-state index contributed by atoms with van der Waals surface area (Å²) in [6.07, 6.45) is 0.242. The Morgan fingerprint density at radius 1 is 1.33 bits per heavy atom. The van der Waals surface area contributed by atoms with E-state index in [0.29, 0.717) is 6.61 Å². The zero-order chi connectivity index (χ0) is 11.9. The van der Waals surface area contributed by atoms with Crippen molar-refractivity contribution in [3.8, 4) is 0 Å². The molecule has 0 rings (SSSR count). The molecule has 0 aromatic heterocycles. The molecule has 1 unspecified atom stereocenters. The zero-order valence-corrected chi connectivity index (χ0v) is 10.2. The third-order valence-electron chi connectivity index (χ3n) is 1.50. The van der Waals surface area contributed by atoms with E-state index in [4.69, 9.17) is 9.05 Å². The van der Waals surface area contributed by atoms with Gasteiger partial charge in [0.05, 0.1) is 6.61 Å². The van der Waals surface area contributed by atoms with Gasteiger partial charge in [0.25, 0.3) is 0 Å². The van der Waals surface area contributed by atoms with E-state index in [9.17, 15) is 9.36 Å². The quantitative estimate of drug-likeness (QED) is 0.294. The second-order valence-corrected chi connectivity index (χ2v) is 5.17. The van der Waals surface area contributed by atoms with Gasteiger partial charge in [-0.3, -0.25) is 9.09 Å². The summed E-state index contributed by atoms with van der Waals surface area (Å²) in [5, 5.41) is 0. The van der Waals surface area contributed by atoms with E-state index in [2.05, 4.69) is 11.3 Å². The van der Waals surface area contributed by atoms with Gasteiger partial charge in [0.1, 0.15) is 0 Å². The van der Waals surface area contributed by atoms with Gasteiger partial charge in [-0.15, -0.1) is 0 Å². The Morgan fingerprint density at radius 2 is 1.93 bits per heavy atom. The third kappa shape index (κ3) is 5.72. The van der Waals surface area contributed by atoms with Crippen LogP contribution in [-0.4, -0.2) is 25.5 Å². The highest BCUT2D eigenvalue weighted by atomic mass is 31.2. The minimum Gasteiger partial charge on any atom is -0.435 e. The maximum Gasteiger partial charge on any atom is 0.335 e. The van der Waals surface area contributed by atoms with E-state index < -0.39 is 13.6 Å². The molecule has 0 spiro atoms. The van der Waals surface area contributed by atoms with Gasteiger partial charge in [0, 0.05) is 11.7 Å². The molecular formula is C9H17O5P. The van der Waals surface area contributed by atoms with Crippen LogP contribution in [0.2, 0.25) is 0 Å². The Labute approximate surface area is 89.9 Å². The summed E-state index contributed by atoms with van der Waals surface area (Å²) in [6.45, 7) is 8.22. The predicted molar refractivity (Wildman–Crippen MR) is 56.6 cm³/mol. The highest BCUT2D eigenvalue weighted by Crippen LogP contribution is 2.47.